The Labute approximate surface area is 159 Å². The Bertz CT molecular complexity index is 745. The molecule has 0 aliphatic carbocycles. The minimum absolute atomic E-state index is 0.218. The van der Waals surface area contributed by atoms with Crippen LogP contribution in [0.15, 0.2) is 42.5 Å². The van der Waals surface area contributed by atoms with Crippen LogP contribution in [0.1, 0.15) is 39.7 Å². The average molecular weight is 374 g/mol. The van der Waals surface area contributed by atoms with Crippen molar-refractivity contribution in [3.63, 3.8) is 0 Å². The Morgan fingerprint density at radius 1 is 1.00 bits per heavy atom. The second kappa shape index (κ2) is 10.3. The monoisotopic (exact) mass is 374 g/mol. The van der Waals surface area contributed by atoms with E-state index in [-0.39, 0.29) is 23.8 Å². The van der Waals surface area contributed by atoms with Crippen molar-refractivity contribution in [3.8, 4) is 11.5 Å². The molecule has 0 heterocycles. The van der Waals surface area contributed by atoms with E-state index in [0.717, 1.165) is 5.56 Å². The number of carbonyl (C=O) groups is 3. The van der Waals surface area contributed by atoms with Gasteiger partial charge in [-0.1, -0.05) is 33.1 Å². The van der Waals surface area contributed by atoms with Crippen LogP contribution in [-0.2, 0) is 25.5 Å². The summed E-state index contributed by atoms with van der Waals surface area (Å²) in [6.45, 7) is 13.8. The SMILES string of the molecule is C=C(C)C(=O)OCCCc1ccc(OC(=O)C(=C)C)cc1OC(=O)C(C)C. The van der Waals surface area contributed by atoms with Gasteiger partial charge >= 0.3 is 17.9 Å². The molecular formula is C21H26O6. The molecule has 0 atom stereocenters. The molecule has 0 radical (unpaired) electrons. The Morgan fingerprint density at radius 2 is 1.63 bits per heavy atom. The lowest BCUT2D eigenvalue weighted by Gasteiger charge is -2.14. The second-order valence-electron chi connectivity index (χ2n) is 6.53. The van der Waals surface area contributed by atoms with Crippen molar-refractivity contribution in [2.24, 2.45) is 5.92 Å². The summed E-state index contributed by atoms with van der Waals surface area (Å²) in [6.07, 6.45) is 1.05. The van der Waals surface area contributed by atoms with E-state index in [4.69, 9.17) is 14.2 Å². The Hall–Kier alpha value is -2.89. The highest BCUT2D eigenvalue weighted by Gasteiger charge is 2.15. The van der Waals surface area contributed by atoms with Crippen molar-refractivity contribution in [1.29, 1.82) is 0 Å². The lowest BCUT2D eigenvalue weighted by atomic mass is 10.1. The van der Waals surface area contributed by atoms with Crippen LogP contribution in [-0.4, -0.2) is 24.5 Å². The first kappa shape index (κ1) is 22.2. The number of benzene rings is 1. The summed E-state index contributed by atoms with van der Waals surface area (Å²) in [7, 11) is 0. The molecule has 1 aromatic carbocycles. The van der Waals surface area contributed by atoms with E-state index in [2.05, 4.69) is 13.2 Å². The summed E-state index contributed by atoms with van der Waals surface area (Å²) in [5, 5.41) is 0. The van der Waals surface area contributed by atoms with E-state index in [1.54, 1.807) is 39.8 Å². The van der Waals surface area contributed by atoms with Gasteiger partial charge in [0.05, 0.1) is 12.5 Å². The Balaban J connectivity index is 2.88. The predicted octanol–water partition coefficient (Wildman–Crippen LogP) is 3.78. The van der Waals surface area contributed by atoms with Gasteiger partial charge in [-0.05, 0) is 38.3 Å². The molecule has 1 aromatic rings. The van der Waals surface area contributed by atoms with E-state index in [1.807, 2.05) is 0 Å². The molecule has 0 unspecified atom stereocenters. The van der Waals surface area contributed by atoms with Crippen LogP contribution in [0.2, 0.25) is 0 Å². The van der Waals surface area contributed by atoms with Gasteiger partial charge in [0.1, 0.15) is 11.5 Å². The van der Waals surface area contributed by atoms with Crippen LogP contribution < -0.4 is 9.47 Å². The van der Waals surface area contributed by atoms with Crippen LogP contribution in [0.4, 0.5) is 0 Å². The normalized spacial score (nSPS) is 10.3. The molecule has 0 bridgehead atoms. The third-order valence-electron chi connectivity index (χ3n) is 3.45. The van der Waals surface area contributed by atoms with Crippen molar-refractivity contribution in [1.82, 2.24) is 0 Å². The Morgan fingerprint density at radius 3 is 2.19 bits per heavy atom. The molecule has 0 amide bonds. The summed E-state index contributed by atoms with van der Waals surface area (Å²) < 4.78 is 15.7. The van der Waals surface area contributed by atoms with Crippen LogP contribution in [0.25, 0.3) is 0 Å². The smallest absolute Gasteiger partial charge is 0.338 e. The van der Waals surface area contributed by atoms with E-state index >= 15 is 0 Å². The van der Waals surface area contributed by atoms with Gasteiger partial charge in [-0.3, -0.25) is 4.79 Å². The highest BCUT2D eigenvalue weighted by atomic mass is 16.5. The number of ether oxygens (including phenoxy) is 3. The fourth-order valence-corrected chi connectivity index (χ4v) is 1.87. The van der Waals surface area contributed by atoms with Crippen LogP contribution >= 0.6 is 0 Å². The number of esters is 3. The highest BCUT2D eigenvalue weighted by Crippen LogP contribution is 2.27. The molecule has 0 N–H and O–H groups in total. The number of carbonyl (C=O) groups excluding carboxylic acids is 3. The zero-order valence-electron chi connectivity index (χ0n) is 16.3. The average Bonchev–Trinajstić information content (AvgIpc) is 2.59. The molecule has 0 aromatic heterocycles. The summed E-state index contributed by atoms with van der Waals surface area (Å²) in [4.78, 5) is 35.1. The first-order valence-corrected chi connectivity index (χ1v) is 8.66. The fourth-order valence-electron chi connectivity index (χ4n) is 1.87. The third-order valence-corrected chi connectivity index (χ3v) is 3.45. The molecule has 6 heteroatoms. The van der Waals surface area contributed by atoms with Gasteiger partial charge in [0.15, 0.2) is 0 Å². The van der Waals surface area contributed by atoms with E-state index in [9.17, 15) is 14.4 Å². The van der Waals surface area contributed by atoms with Crippen molar-refractivity contribution in [2.45, 2.75) is 40.5 Å². The largest absolute Gasteiger partial charge is 0.462 e. The van der Waals surface area contributed by atoms with Gasteiger partial charge < -0.3 is 14.2 Å². The molecule has 6 nitrogen and oxygen atoms in total. The lowest BCUT2D eigenvalue weighted by Crippen LogP contribution is -2.16. The molecule has 0 aliphatic rings. The number of aryl methyl sites for hydroxylation is 1. The van der Waals surface area contributed by atoms with E-state index < -0.39 is 17.9 Å². The van der Waals surface area contributed by atoms with Crippen molar-refractivity contribution < 1.29 is 28.6 Å². The standard InChI is InChI=1S/C21H26O6/c1-13(2)19(22)25-11-7-8-16-9-10-17(26-20(23)14(3)4)12-18(16)27-21(24)15(5)6/h9-10,12,15H,1,3,7-8,11H2,2,4-6H3. The quantitative estimate of drug-likeness (QED) is 0.283. The van der Waals surface area contributed by atoms with Crippen molar-refractivity contribution in [2.75, 3.05) is 6.61 Å². The molecular weight excluding hydrogens is 348 g/mol. The minimum Gasteiger partial charge on any atom is -0.462 e. The lowest BCUT2D eigenvalue weighted by molar-refractivity contribution is -0.139. The number of hydrogen-bond acceptors (Lipinski definition) is 6. The van der Waals surface area contributed by atoms with Gasteiger partial charge in [0.25, 0.3) is 0 Å². The highest BCUT2D eigenvalue weighted by molar-refractivity contribution is 5.89. The summed E-state index contributed by atoms with van der Waals surface area (Å²) >= 11 is 0. The van der Waals surface area contributed by atoms with E-state index in [1.165, 1.54) is 6.07 Å². The maximum Gasteiger partial charge on any atom is 0.338 e. The van der Waals surface area contributed by atoms with Gasteiger partial charge in [-0.2, -0.15) is 0 Å². The first-order chi connectivity index (χ1) is 12.6. The summed E-state index contributed by atoms with van der Waals surface area (Å²) in [5.41, 5.74) is 1.34. The molecule has 0 spiro atoms. The first-order valence-electron chi connectivity index (χ1n) is 8.66. The summed E-state index contributed by atoms with van der Waals surface area (Å²) in [6, 6.07) is 4.82. The maximum atomic E-state index is 12.0. The van der Waals surface area contributed by atoms with Gasteiger partial charge in [-0.25, -0.2) is 9.59 Å². The fraction of sp³-hybridized carbons (Fsp3) is 0.381. The van der Waals surface area contributed by atoms with Crippen molar-refractivity contribution in [3.05, 3.63) is 48.1 Å². The van der Waals surface area contributed by atoms with Crippen molar-refractivity contribution >= 4 is 17.9 Å². The van der Waals surface area contributed by atoms with Gasteiger partial charge in [0.2, 0.25) is 0 Å². The number of hydrogen-bond donors (Lipinski definition) is 0. The van der Waals surface area contributed by atoms with Crippen LogP contribution in [0.5, 0.6) is 11.5 Å². The molecule has 146 valence electrons. The second-order valence-corrected chi connectivity index (χ2v) is 6.53. The summed E-state index contributed by atoms with van der Waals surface area (Å²) in [5.74, 6) is -1.14. The van der Waals surface area contributed by atoms with Gasteiger partial charge in [-0.15, -0.1) is 0 Å². The Kier molecular flexibility index (Phi) is 8.45. The molecule has 1 rings (SSSR count). The topological polar surface area (TPSA) is 78.9 Å². The van der Waals surface area contributed by atoms with Crippen LogP contribution in [0, 0.1) is 5.92 Å². The zero-order chi connectivity index (χ0) is 20.6. The van der Waals surface area contributed by atoms with E-state index in [0.29, 0.717) is 24.2 Å². The molecule has 0 aliphatic heterocycles. The maximum absolute atomic E-state index is 12.0. The molecule has 0 saturated carbocycles. The molecule has 27 heavy (non-hydrogen) atoms. The zero-order valence-corrected chi connectivity index (χ0v) is 16.3. The minimum atomic E-state index is -0.560. The number of rotatable bonds is 9. The van der Waals surface area contributed by atoms with Gasteiger partial charge in [0, 0.05) is 17.2 Å². The predicted molar refractivity (Wildman–Crippen MR) is 101 cm³/mol. The molecule has 0 saturated heterocycles. The molecule has 0 fully saturated rings. The van der Waals surface area contributed by atoms with Crippen LogP contribution in [0.3, 0.4) is 0 Å². The third kappa shape index (κ3) is 7.48.